The number of rotatable bonds is 3. The molecule has 0 fully saturated rings. The van der Waals surface area contributed by atoms with Gasteiger partial charge < -0.3 is 15.0 Å². The van der Waals surface area contributed by atoms with Gasteiger partial charge in [0.1, 0.15) is 11.6 Å². The summed E-state index contributed by atoms with van der Waals surface area (Å²) >= 11 is 6.06. The fraction of sp³-hybridized carbons (Fsp3) is 0.227. The van der Waals surface area contributed by atoms with Crippen molar-refractivity contribution >= 4 is 28.7 Å². The molecule has 4 nitrogen and oxygen atoms in total. The van der Waals surface area contributed by atoms with Crippen molar-refractivity contribution in [3.8, 4) is 0 Å². The van der Waals surface area contributed by atoms with Crippen molar-refractivity contribution in [2.24, 2.45) is 0 Å². The van der Waals surface area contributed by atoms with E-state index in [1.807, 2.05) is 18.7 Å². The van der Waals surface area contributed by atoms with E-state index in [2.05, 4.69) is 4.90 Å². The number of aromatic nitrogens is 1. The van der Waals surface area contributed by atoms with Gasteiger partial charge in [0, 0.05) is 23.9 Å². The summed E-state index contributed by atoms with van der Waals surface area (Å²) in [6, 6.07) is 9.47. The lowest BCUT2D eigenvalue weighted by atomic mass is 10.0. The van der Waals surface area contributed by atoms with Gasteiger partial charge in [0.2, 0.25) is 0 Å². The number of hydrogen-bond donors (Lipinski definition) is 0. The smallest absolute Gasteiger partial charge is 0.185 e. The van der Waals surface area contributed by atoms with Gasteiger partial charge in [0.05, 0.1) is 23.1 Å². The van der Waals surface area contributed by atoms with E-state index >= 15 is 0 Å². The molecule has 0 atom stereocenters. The number of hydrogen-bond acceptors (Lipinski definition) is 3. The van der Waals surface area contributed by atoms with Crippen LogP contribution in [0.1, 0.15) is 23.6 Å². The molecule has 0 saturated carbocycles. The molecule has 0 radical (unpaired) electrons. The van der Waals surface area contributed by atoms with Gasteiger partial charge in [-0.25, -0.2) is 8.78 Å². The summed E-state index contributed by atoms with van der Waals surface area (Å²) in [7, 11) is 0. The zero-order valence-electron chi connectivity index (χ0n) is 16.1. The van der Waals surface area contributed by atoms with Crippen LogP contribution in [0.4, 0.5) is 25.8 Å². The molecule has 1 aliphatic heterocycles. The van der Waals surface area contributed by atoms with Crippen LogP contribution in [0.3, 0.4) is 0 Å². The lowest BCUT2D eigenvalue weighted by Crippen LogP contribution is -2.41. The molecule has 150 valence electrons. The van der Waals surface area contributed by atoms with Gasteiger partial charge in [-0.1, -0.05) is 18.5 Å². The number of pyridine rings is 1. The molecule has 0 N–H and O–H groups in total. The highest BCUT2D eigenvalue weighted by Crippen LogP contribution is 2.39. The van der Waals surface area contributed by atoms with Gasteiger partial charge in [0.25, 0.3) is 0 Å². The van der Waals surface area contributed by atoms with Crippen LogP contribution in [0.15, 0.2) is 48.8 Å². The van der Waals surface area contributed by atoms with E-state index in [9.17, 15) is 14.0 Å². The monoisotopic (exact) mass is 415 g/mol. The summed E-state index contributed by atoms with van der Waals surface area (Å²) in [5, 5.41) is 11.7. The van der Waals surface area contributed by atoms with Crippen LogP contribution < -0.4 is 14.5 Å². The largest absolute Gasteiger partial charge is 0.619 e. The van der Waals surface area contributed by atoms with Crippen molar-refractivity contribution < 1.29 is 13.5 Å². The molecule has 0 spiro atoms. The molecule has 7 heteroatoms. The van der Waals surface area contributed by atoms with E-state index in [1.165, 1.54) is 30.6 Å². The number of benzene rings is 2. The fourth-order valence-electron chi connectivity index (χ4n) is 3.86. The number of fused-ring (bicyclic) bond motifs is 1. The second kappa shape index (κ2) is 7.52. The zero-order valence-corrected chi connectivity index (χ0v) is 16.9. The highest BCUT2D eigenvalue weighted by molar-refractivity contribution is 6.30. The molecule has 1 aliphatic rings. The SMILES string of the molecule is CCc1cc(F)ccc1N1CN(c2cc[n+]([O-])cc2C)Cc2cc(Cl)c(F)cc21. The summed E-state index contributed by atoms with van der Waals surface area (Å²) in [5.41, 5.74) is 4.93. The average Bonchev–Trinajstić information content (AvgIpc) is 2.68. The summed E-state index contributed by atoms with van der Waals surface area (Å²) < 4.78 is 28.9. The molecule has 4 rings (SSSR count). The van der Waals surface area contributed by atoms with Crippen LogP contribution in [-0.2, 0) is 13.0 Å². The van der Waals surface area contributed by atoms with E-state index in [-0.39, 0.29) is 10.8 Å². The molecule has 0 saturated heterocycles. The minimum atomic E-state index is -0.493. The predicted octanol–water partition coefficient (Wildman–Crippen LogP) is 5.24. The highest BCUT2D eigenvalue weighted by atomic mass is 35.5. The molecule has 2 heterocycles. The van der Waals surface area contributed by atoms with E-state index in [0.717, 1.165) is 32.8 Å². The molecule has 0 amide bonds. The minimum absolute atomic E-state index is 0.0579. The van der Waals surface area contributed by atoms with Gasteiger partial charge in [-0.05, 0) is 54.8 Å². The third kappa shape index (κ3) is 3.60. The molecule has 0 unspecified atom stereocenters. The van der Waals surface area contributed by atoms with Crippen molar-refractivity contribution in [3.05, 3.63) is 87.3 Å². The topological polar surface area (TPSA) is 33.4 Å². The van der Waals surface area contributed by atoms with Crippen molar-refractivity contribution in [2.45, 2.75) is 26.8 Å². The van der Waals surface area contributed by atoms with E-state index < -0.39 is 5.82 Å². The quantitative estimate of drug-likeness (QED) is 0.433. The van der Waals surface area contributed by atoms with Gasteiger partial charge in [-0.3, -0.25) is 0 Å². The van der Waals surface area contributed by atoms with Crippen LogP contribution in [0.5, 0.6) is 0 Å². The maximum atomic E-state index is 14.3. The lowest BCUT2D eigenvalue weighted by molar-refractivity contribution is -0.605. The van der Waals surface area contributed by atoms with Crippen molar-refractivity contribution in [2.75, 3.05) is 16.5 Å². The first-order valence-electron chi connectivity index (χ1n) is 9.35. The summed E-state index contributed by atoms with van der Waals surface area (Å²) in [5.74, 6) is -0.798. The Morgan fingerprint density at radius 1 is 1.10 bits per heavy atom. The van der Waals surface area contributed by atoms with Crippen LogP contribution >= 0.6 is 11.6 Å². The van der Waals surface area contributed by atoms with Gasteiger partial charge in [-0.2, -0.15) is 4.73 Å². The fourth-order valence-corrected chi connectivity index (χ4v) is 4.04. The Labute approximate surface area is 173 Å². The van der Waals surface area contributed by atoms with Crippen LogP contribution in [-0.4, -0.2) is 6.67 Å². The van der Waals surface area contributed by atoms with Crippen LogP contribution in [0.25, 0.3) is 0 Å². The Balaban J connectivity index is 1.86. The molecule has 1 aromatic heterocycles. The standard InChI is InChI=1S/C22H20ClF2N3O/c1-3-15-8-17(24)4-5-21(15)28-13-26(20-6-7-27(29)11-14(20)2)12-16-9-18(23)19(25)10-22(16)28/h4-11H,3,12-13H2,1-2H3. The summed E-state index contributed by atoms with van der Waals surface area (Å²) in [6.45, 7) is 4.77. The third-order valence-electron chi connectivity index (χ3n) is 5.24. The first-order valence-corrected chi connectivity index (χ1v) is 9.73. The summed E-state index contributed by atoms with van der Waals surface area (Å²) in [6.07, 6.45) is 3.60. The van der Waals surface area contributed by atoms with Crippen molar-refractivity contribution in [3.63, 3.8) is 0 Å². The Bertz CT molecular complexity index is 1090. The van der Waals surface area contributed by atoms with E-state index in [1.54, 1.807) is 18.2 Å². The highest BCUT2D eigenvalue weighted by Gasteiger charge is 2.28. The molecule has 0 aliphatic carbocycles. The average molecular weight is 416 g/mol. The minimum Gasteiger partial charge on any atom is -0.619 e. The van der Waals surface area contributed by atoms with Crippen molar-refractivity contribution in [1.29, 1.82) is 0 Å². The van der Waals surface area contributed by atoms with Gasteiger partial charge >= 0.3 is 0 Å². The Hall–Kier alpha value is -2.86. The number of halogens is 3. The van der Waals surface area contributed by atoms with E-state index in [4.69, 9.17) is 11.6 Å². The second-order valence-corrected chi connectivity index (χ2v) is 7.57. The number of nitrogens with zero attached hydrogens (tertiary/aromatic N) is 3. The van der Waals surface area contributed by atoms with E-state index in [0.29, 0.717) is 25.3 Å². The third-order valence-corrected chi connectivity index (χ3v) is 5.53. The second-order valence-electron chi connectivity index (χ2n) is 7.16. The van der Waals surface area contributed by atoms with Crippen LogP contribution in [0, 0.1) is 23.8 Å². The maximum Gasteiger partial charge on any atom is 0.185 e. The Kier molecular flexibility index (Phi) is 5.04. The van der Waals surface area contributed by atoms with Gasteiger partial charge in [-0.15, -0.1) is 0 Å². The first-order chi connectivity index (χ1) is 13.9. The van der Waals surface area contributed by atoms with Crippen molar-refractivity contribution in [1.82, 2.24) is 0 Å². The van der Waals surface area contributed by atoms with Gasteiger partial charge in [0.15, 0.2) is 12.4 Å². The molecule has 0 bridgehead atoms. The maximum absolute atomic E-state index is 14.3. The molecule has 2 aromatic carbocycles. The first kappa shape index (κ1) is 19.5. The molecular formula is C22H20ClF2N3O. The number of anilines is 3. The summed E-state index contributed by atoms with van der Waals surface area (Å²) in [4.78, 5) is 4.06. The molecular weight excluding hydrogens is 396 g/mol. The lowest BCUT2D eigenvalue weighted by Gasteiger charge is -2.40. The van der Waals surface area contributed by atoms with Crippen LogP contribution in [0.2, 0.25) is 5.02 Å². The molecule has 29 heavy (non-hydrogen) atoms. The normalized spacial score (nSPS) is 13.6. The Morgan fingerprint density at radius 2 is 1.90 bits per heavy atom. The predicted molar refractivity (Wildman–Crippen MR) is 111 cm³/mol. The Morgan fingerprint density at radius 3 is 2.62 bits per heavy atom. The zero-order chi connectivity index (χ0) is 20.7. The number of aryl methyl sites for hydroxylation is 2. The molecule has 3 aromatic rings.